The van der Waals surface area contributed by atoms with E-state index in [9.17, 15) is 4.79 Å². The van der Waals surface area contributed by atoms with Crippen LogP contribution in [-0.2, 0) is 11.2 Å². The van der Waals surface area contributed by atoms with Crippen LogP contribution in [0.5, 0.6) is 0 Å². The fourth-order valence-corrected chi connectivity index (χ4v) is 3.36. The second-order valence-corrected chi connectivity index (χ2v) is 8.24. The van der Waals surface area contributed by atoms with E-state index >= 15 is 0 Å². The number of ether oxygens (including phenoxy) is 1. The van der Waals surface area contributed by atoms with Crippen LogP contribution in [0.3, 0.4) is 0 Å². The second-order valence-electron chi connectivity index (χ2n) is 8.24. The van der Waals surface area contributed by atoms with Gasteiger partial charge in [-0.3, -0.25) is 0 Å². The minimum atomic E-state index is -0.488. The van der Waals surface area contributed by atoms with Gasteiger partial charge >= 0.3 is 6.09 Å². The first-order valence-electron chi connectivity index (χ1n) is 10.2. The van der Waals surface area contributed by atoms with Crippen molar-refractivity contribution in [2.45, 2.75) is 91.1 Å². The van der Waals surface area contributed by atoms with Crippen LogP contribution in [0.4, 0.5) is 4.79 Å². The molecule has 0 N–H and O–H groups in total. The zero-order valence-corrected chi connectivity index (χ0v) is 17.0. The number of aromatic nitrogens is 1. The molecule has 0 aliphatic carbocycles. The van der Waals surface area contributed by atoms with Crippen molar-refractivity contribution in [3.8, 4) is 0 Å². The Morgan fingerprint density at radius 1 is 0.962 bits per heavy atom. The lowest BCUT2D eigenvalue weighted by Gasteiger charge is -2.21. The van der Waals surface area contributed by atoms with Crippen molar-refractivity contribution in [3.05, 3.63) is 36.0 Å². The predicted molar refractivity (Wildman–Crippen MR) is 110 cm³/mol. The SMILES string of the molecule is CCCCCCCCCCc1cc2ccccc2n1C(=O)OC(C)(C)C. The average Bonchev–Trinajstić information content (AvgIpc) is 2.94. The van der Waals surface area contributed by atoms with Crippen molar-refractivity contribution in [2.24, 2.45) is 0 Å². The molecule has 3 nitrogen and oxygen atoms in total. The van der Waals surface area contributed by atoms with Crippen molar-refractivity contribution in [1.82, 2.24) is 4.57 Å². The summed E-state index contributed by atoms with van der Waals surface area (Å²) in [6.45, 7) is 7.99. The molecule has 1 heterocycles. The lowest BCUT2D eigenvalue weighted by Crippen LogP contribution is -2.28. The Morgan fingerprint density at radius 3 is 2.23 bits per heavy atom. The molecule has 0 unspecified atom stereocenters. The molecule has 1 aromatic heterocycles. The van der Waals surface area contributed by atoms with Gasteiger partial charge in [-0.2, -0.15) is 0 Å². The van der Waals surface area contributed by atoms with Crippen LogP contribution in [0.25, 0.3) is 10.9 Å². The molecule has 0 spiro atoms. The fourth-order valence-electron chi connectivity index (χ4n) is 3.36. The van der Waals surface area contributed by atoms with Crippen LogP contribution in [0, 0.1) is 0 Å². The summed E-state index contributed by atoms with van der Waals surface area (Å²) >= 11 is 0. The van der Waals surface area contributed by atoms with Crippen molar-refractivity contribution in [2.75, 3.05) is 0 Å². The number of nitrogens with zero attached hydrogens (tertiary/aromatic N) is 1. The Labute approximate surface area is 158 Å². The zero-order valence-electron chi connectivity index (χ0n) is 17.0. The first kappa shape index (κ1) is 20.5. The highest BCUT2D eigenvalue weighted by Crippen LogP contribution is 2.23. The number of hydrogen-bond donors (Lipinski definition) is 0. The van der Waals surface area contributed by atoms with Gasteiger partial charge in [0.25, 0.3) is 0 Å². The molecule has 3 heteroatoms. The summed E-state index contributed by atoms with van der Waals surface area (Å²) in [5.41, 5.74) is 1.51. The van der Waals surface area contributed by atoms with Crippen LogP contribution in [0.1, 0.15) is 84.8 Å². The van der Waals surface area contributed by atoms with Crippen LogP contribution < -0.4 is 0 Å². The quantitative estimate of drug-likeness (QED) is 0.448. The summed E-state index contributed by atoms with van der Waals surface area (Å²) in [6.07, 6.45) is 11.0. The standard InChI is InChI=1S/C23H35NO2/c1-5-6-7-8-9-10-11-12-16-20-18-19-15-13-14-17-21(19)24(20)22(25)26-23(2,3)4/h13-15,17-18H,5-12,16H2,1-4H3. The summed E-state index contributed by atoms with van der Waals surface area (Å²) in [7, 11) is 0. The van der Waals surface area contributed by atoms with Gasteiger partial charge in [0.2, 0.25) is 0 Å². The number of unbranched alkanes of at least 4 members (excludes halogenated alkanes) is 7. The van der Waals surface area contributed by atoms with Gasteiger partial charge in [0, 0.05) is 11.1 Å². The number of aryl methyl sites for hydroxylation is 1. The molecule has 0 radical (unpaired) electrons. The third kappa shape index (κ3) is 6.19. The van der Waals surface area contributed by atoms with Gasteiger partial charge < -0.3 is 4.74 Å². The van der Waals surface area contributed by atoms with E-state index in [4.69, 9.17) is 4.74 Å². The van der Waals surface area contributed by atoms with Crippen molar-refractivity contribution < 1.29 is 9.53 Å². The molecule has 1 aromatic carbocycles. The van der Waals surface area contributed by atoms with Crippen LogP contribution in [0.15, 0.2) is 30.3 Å². The molecule has 2 rings (SSSR count). The zero-order chi connectivity index (χ0) is 19.0. The maximum Gasteiger partial charge on any atom is 0.419 e. The van der Waals surface area contributed by atoms with Gasteiger partial charge in [-0.1, -0.05) is 70.1 Å². The van der Waals surface area contributed by atoms with E-state index < -0.39 is 5.60 Å². The number of benzene rings is 1. The number of para-hydroxylation sites is 1. The summed E-state index contributed by atoms with van der Waals surface area (Å²) < 4.78 is 7.40. The number of carbonyl (C=O) groups excluding carboxylic acids is 1. The minimum Gasteiger partial charge on any atom is -0.443 e. The number of fused-ring (bicyclic) bond motifs is 1. The highest BCUT2D eigenvalue weighted by Gasteiger charge is 2.21. The molecule has 0 aliphatic heterocycles. The average molecular weight is 358 g/mol. The van der Waals surface area contributed by atoms with E-state index in [1.807, 2.05) is 39.0 Å². The molecule has 0 aliphatic rings. The molecule has 26 heavy (non-hydrogen) atoms. The predicted octanol–water partition coefficient (Wildman–Crippen LogP) is 7.11. The summed E-state index contributed by atoms with van der Waals surface area (Å²) in [5, 5.41) is 1.10. The van der Waals surface area contributed by atoms with E-state index in [0.29, 0.717) is 0 Å². The topological polar surface area (TPSA) is 31.2 Å². The van der Waals surface area contributed by atoms with E-state index in [-0.39, 0.29) is 6.09 Å². The molecule has 0 atom stereocenters. The van der Waals surface area contributed by atoms with Crippen LogP contribution in [0.2, 0.25) is 0 Å². The Kier molecular flexibility index (Phi) is 7.74. The van der Waals surface area contributed by atoms with Gasteiger partial charge in [0.05, 0.1) is 5.52 Å². The van der Waals surface area contributed by atoms with Gasteiger partial charge in [0.1, 0.15) is 5.60 Å². The highest BCUT2D eigenvalue weighted by atomic mass is 16.6. The van der Waals surface area contributed by atoms with E-state index in [0.717, 1.165) is 29.4 Å². The van der Waals surface area contributed by atoms with Crippen molar-refractivity contribution >= 4 is 17.0 Å². The normalized spacial score (nSPS) is 11.8. The minimum absolute atomic E-state index is 0.270. The Hall–Kier alpha value is -1.77. The first-order valence-corrected chi connectivity index (χ1v) is 10.2. The van der Waals surface area contributed by atoms with Crippen molar-refractivity contribution in [3.63, 3.8) is 0 Å². The Balaban J connectivity index is 1.98. The lowest BCUT2D eigenvalue weighted by atomic mass is 10.1. The lowest BCUT2D eigenvalue weighted by molar-refractivity contribution is 0.0540. The van der Waals surface area contributed by atoms with E-state index in [1.165, 1.54) is 44.9 Å². The van der Waals surface area contributed by atoms with Gasteiger partial charge in [0.15, 0.2) is 0 Å². The monoisotopic (exact) mass is 357 g/mol. The number of rotatable bonds is 9. The van der Waals surface area contributed by atoms with Gasteiger partial charge in [-0.05, 0) is 45.7 Å². The Morgan fingerprint density at radius 2 is 1.58 bits per heavy atom. The molecule has 2 aromatic rings. The number of carbonyl (C=O) groups is 1. The van der Waals surface area contributed by atoms with Gasteiger partial charge in [-0.25, -0.2) is 9.36 Å². The maximum absolute atomic E-state index is 12.7. The molecule has 0 saturated carbocycles. The third-order valence-electron chi connectivity index (χ3n) is 4.65. The summed E-state index contributed by atoms with van der Waals surface area (Å²) in [4.78, 5) is 12.7. The molecule has 0 saturated heterocycles. The summed E-state index contributed by atoms with van der Waals surface area (Å²) in [6, 6.07) is 10.2. The first-order chi connectivity index (χ1) is 12.4. The van der Waals surface area contributed by atoms with Crippen LogP contribution >= 0.6 is 0 Å². The third-order valence-corrected chi connectivity index (χ3v) is 4.65. The fraction of sp³-hybridized carbons (Fsp3) is 0.609. The van der Waals surface area contributed by atoms with Crippen LogP contribution in [-0.4, -0.2) is 16.3 Å². The van der Waals surface area contributed by atoms with E-state index in [2.05, 4.69) is 19.1 Å². The smallest absolute Gasteiger partial charge is 0.419 e. The molecule has 0 bridgehead atoms. The molecular formula is C23H35NO2. The Bertz CT molecular complexity index is 694. The highest BCUT2D eigenvalue weighted by molar-refractivity contribution is 5.91. The molecule has 144 valence electrons. The molecule has 0 amide bonds. The van der Waals surface area contributed by atoms with Gasteiger partial charge in [-0.15, -0.1) is 0 Å². The van der Waals surface area contributed by atoms with Crippen molar-refractivity contribution in [1.29, 1.82) is 0 Å². The van der Waals surface area contributed by atoms with E-state index in [1.54, 1.807) is 4.57 Å². The molecule has 0 fully saturated rings. The second kappa shape index (κ2) is 9.80. The largest absolute Gasteiger partial charge is 0.443 e. The number of hydrogen-bond acceptors (Lipinski definition) is 2. The molecular weight excluding hydrogens is 322 g/mol. The summed E-state index contributed by atoms with van der Waals surface area (Å²) in [5.74, 6) is 0. The maximum atomic E-state index is 12.7.